The molecule has 126 valence electrons. The molecule has 0 aliphatic rings. The Balaban J connectivity index is 3.34. The Hall–Kier alpha value is -1.31. The summed E-state index contributed by atoms with van der Waals surface area (Å²) in [7, 11) is 1.70. The van der Waals surface area contributed by atoms with Crippen LogP contribution < -0.4 is 4.48 Å². The van der Waals surface area contributed by atoms with Crippen molar-refractivity contribution in [2.24, 2.45) is 0 Å². The molecule has 1 aromatic carbocycles. The Morgan fingerprint density at radius 2 is 1.23 bits per heavy atom. The zero-order valence-corrected chi connectivity index (χ0v) is 12.4. The van der Waals surface area contributed by atoms with Crippen molar-refractivity contribution in [3.8, 4) is 0 Å². The van der Waals surface area contributed by atoms with Crippen molar-refractivity contribution in [3.05, 3.63) is 29.1 Å². The topological polar surface area (TPSA) is 0 Å². The summed E-state index contributed by atoms with van der Waals surface area (Å²) in [6, 6.07) is 0. The maximum absolute atomic E-state index is 14.2. The number of hydrogen-bond donors (Lipinski definition) is 0. The summed E-state index contributed by atoms with van der Waals surface area (Å²) >= 11 is 0. The predicted octanol–water partition coefficient (Wildman–Crippen LogP) is 4.77. The van der Waals surface area contributed by atoms with Gasteiger partial charge >= 0.3 is 0 Å². The van der Waals surface area contributed by atoms with Crippen molar-refractivity contribution in [2.45, 2.75) is 38.7 Å². The lowest BCUT2D eigenvalue weighted by molar-refractivity contribution is 0.0418. The highest BCUT2D eigenvalue weighted by molar-refractivity contribution is 5.47. The van der Waals surface area contributed by atoms with Crippen LogP contribution in [0.4, 0.5) is 36.4 Å². The number of nitrogens with zero attached hydrogens (tertiary/aromatic N) is 1. The minimum absolute atomic E-state index is 0.214. The molecule has 1 nitrogen and oxygen atoms in total. The van der Waals surface area contributed by atoms with Crippen LogP contribution in [-0.4, -0.2) is 26.6 Å². The van der Waals surface area contributed by atoms with Crippen LogP contribution in [0, 0.1) is 29.1 Å². The number of quaternary nitrogens is 1. The van der Waals surface area contributed by atoms with Crippen LogP contribution in [-0.2, 0) is 0 Å². The Morgan fingerprint density at radius 3 is 1.64 bits per heavy atom. The van der Waals surface area contributed by atoms with Crippen molar-refractivity contribution in [3.63, 3.8) is 0 Å². The van der Waals surface area contributed by atoms with Gasteiger partial charge in [-0.3, -0.25) is 4.48 Å². The lowest BCUT2D eigenvalue weighted by atomic mass is 10.1. The predicted molar refractivity (Wildman–Crippen MR) is 69.2 cm³/mol. The Kier molecular flexibility index (Phi) is 5.83. The van der Waals surface area contributed by atoms with Crippen molar-refractivity contribution < 1.29 is 30.7 Å². The molecule has 0 N–H and O–H groups in total. The van der Waals surface area contributed by atoms with Gasteiger partial charge in [0.15, 0.2) is 6.17 Å². The Labute approximate surface area is 123 Å². The van der Waals surface area contributed by atoms with Gasteiger partial charge in [-0.05, 0) is 6.42 Å². The minimum atomic E-state index is -2.47. The summed E-state index contributed by atoms with van der Waals surface area (Å²) in [5.74, 6) is -11.0. The summed E-state index contributed by atoms with van der Waals surface area (Å²) in [5, 5.41) is 0. The van der Waals surface area contributed by atoms with E-state index in [0.29, 0.717) is 12.8 Å². The van der Waals surface area contributed by atoms with Crippen LogP contribution in [0.5, 0.6) is 0 Å². The molecular formula is C14H17F7N+. The van der Waals surface area contributed by atoms with E-state index >= 15 is 0 Å². The van der Waals surface area contributed by atoms with E-state index in [1.54, 1.807) is 6.92 Å². The molecule has 2 atom stereocenters. The molecule has 1 rings (SSSR count). The lowest BCUT2D eigenvalue weighted by Crippen LogP contribution is -2.53. The van der Waals surface area contributed by atoms with Crippen molar-refractivity contribution in [1.29, 1.82) is 0 Å². The van der Waals surface area contributed by atoms with Gasteiger partial charge in [0.25, 0.3) is 6.30 Å². The van der Waals surface area contributed by atoms with E-state index in [0.717, 1.165) is 14.1 Å². The quantitative estimate of drug-likeness (QED) is 0.231. The second-order valence-corrected chi connectivity index (χ2v) is 5.49. The third-order valence-electron chi connectivity index (χ3n) is 3.51. The Bertz CT molecular complexity index is 515. The number of rotatable bonds is 6. The van der Waals surface area contributed by atoms with Gasteiger partial charge in [0.2, 0.25) is 34.8 Å². The lowest BCUT2D eigenvalue weighted by Gasteiger charge is -2.34. The fourth-order valence-corrected chi connectivity index (χ4v) is 2.16. The van der Waals surface area contributed by atoms with Crippen LogP contribution in [0.25, 0.3) is 0 Å². The van der Waals surface area contributed by atoms with Gasteiger partial charge in [-0.1, -0.05) is 19.8 Å². The first-order valence-corrected chi connectivity index (χ1v) is 6.71. The third-order valence-corrected chi connectivity index (χ3v) is 3.51. The number of benzene rings is 1. The first-order valence-electron chi connectivity index (χ1n) is 6.71. The molecule has 0 spiro atoms. The molecule has 0 radical (unpaired) electrons. The monoisotopic (exact) mass is 332 g/mol. The zero-order valence-electron chi connectivity index (χ0n) is 12.4. The standard InChI is InChI=1S/C14H17F7N/c1-4-5-6-7(15)14(21)22(2,3)13-11(19)9(17)8(16)10(18)12(13)20/h7,14H,4-6H2,1-3H3/q+1. The Morgan fingerprint density at radius 1 is 0.818 bits per heavy atom. The molecule has 0 aliphatic carbocycles. The number of unbranched alkanes of at least 4 members (excludes halogenated alkanes) is 1. The van der Waals surface area contributed by atoms with Crippen molar-refractivity contribution >= 4 is 5.69 Å². The van der Waals surface area contributed by atoms with Gasteiger partial charge in [0, 0.05) is 0 Å². The summed E-state index contributed by atoms with van der Waals surface area (Å²) in [5.41, 5.74) is -1.40. The maximum Gasteiger partial charge on any atom is 0.267 e. The molecule has 1 aromatic rings. The maximum atomic E-state index is 14.2. The smallest absolute Gasteiger partial charge is 0.259 e. The SMILES string of the molecule is CCCCC(F)C(F)[N+](C)(C)c1c(F)c(F)c(F)c(F)c1F. The fraction of sp³-hybridized carbons (Fsp3) is 0.571. The number of halogens is 7. The molecule has 0 saturated carbocycles. The van der Waals surface area contributed by atoms with Gasteiger partial charge < -0.3 is 0 Å². The summed E-state index contributed by atoms with van der Waals surface area (Å²) in [6.07, 6.45) is -3.87. The molecule has 0 aromatic heterocycles. The molecule has 0 bridgehead atoms. The van der Waals surface area contributed by atoms with Crippen LogP contribution in [0.1, 0.15) is 26.2 Å². The van der Waals surface area contributed by atoms with Gasteiger partial charge in [-0.25, -0.2) is 17.6 Å². The van der Waals surface area contributed by atoms with Gasteiger partial charge in [-0.15, -0.1) is 0 Å². The number of alkyl halides is 2. The molecule has 0 aliphatic heterocycles. The van der Waals surface area contributed by atoms with Gasteiger partial charge in [0.05, 0.1) is 14.1 Å². The zero-order chi connectivity index (χ0) is 17.2. The van der Waals surface area contributed by atoms with E-state index in [1.807, 2.05) is 0 Å². The molecule has 0 saturated heterocycles. The second kappa shape index (κ2) is 6.85. The molecule has 0 fully saturated rings. The van der Waals surface area contributed by atoms with Gasteiger partial charge in [-0.2, -0.15) is 13.2 Å². The van der Waals surface area contributed by atoms with Crippen LogP contribution in [0.2, 0.25) is 0 Å². The van der Waals surface area contributed by atoms with E-state index < -0.39 is 51.7 Å². The van der Waals surface area contributed by atoms with E-state index in [1.165, 1.54) is 0 Å². The van der Waals surface area contributed by atoms with E-state index in [4.69, 9.17) is 0 Å². The van der Waals surface area contributed by atoms with Crippen LogP contribution >= 0.6 is 0 Å². The molecular weight excluding hydrogens is 315 g/mol. The van der Waals surface area contributed by atoms with Gasteiger partial charge in [0.1, 0.15) is 0 Å². The van der Waals surface area contributed by atoms with E-state index in [2.05, 4.69) is 0 Å². The highest BCUT2D eigenvalue weighted by Gasteiger charge is 2.44. The molecule has 22 heavy (non-hydrogen) atoms. The summed E-state index contributed by atoms with van der Waals surface area (Å²) < 4.78 is 93.5. The summed E-state index contributed by atoms with van der Waals surface area (Å²) in [6.45, 7) is 1.74. The molecule has 0 heterocycles. The highest BCUT2D eigenvalue weighted by atomic mass is 19.2. The average Bonchev–Trinajstić information content (AvgIpc) is 2.47. The highest BCUT2D eigenvalue weighted by Crippen LogP contribution is 2.36. The van der Waals surface area contributed by atoms with Crippen molar-refractivity contribution in [2.75, 3.05) is 14.1 Å². The first-order chi connectivity index (χ1) is 10.1. The summed E-state index contributed by atoms with van der Waals surface area (Å²) in [4.78, 5) is 0. The third kappa shape index (κ3) is 3.21. The second-order valence-electron chi connectivity index (χ2n) is 5.49. The average molecular weight is 332 g/mol. The minimum Gasteiger partial charge on any atom is -0.259 e. The first kappa shape index (κ1) is 18.7. The fourth-order valence-electron chi connectivity index (χ4n) is 2.16. The van der Waals surface area contributed by atoms with E-state index in [-0.39, 0.29) is 6.42 Å². The number of hydrogen-bond acceptors (Lipinski definition) is 0. The normalized spacial score (nSPS) is 15.0. The van der Waals surface area contributed by atoms with Crippen LogP contribution in [0.15, 0.2) is 0 Å². The molecule has 8 heteroatoms. The largest absolute Gasteiger partial charge is 0.267 e. The van der Waals surface area contributed by atoms with Crippen molar-refractivity contribution in [1.82, 2.24) is 4.48 Å². The van der Waals surface area contributed by atoms with Crippen LogP contribution in [0.3, 0.4) is 0 Å². The molecule has 0 amide bonds. The molecule has 2 unspecified atom stereocenters. The van der Waals surface area contributed by atoms with E-state index in [9.17, 15) is 30.7 Å².